The van der Waals surface area contributed by atoms with Crippen molar-refractivity contribution in [3.63, 3.8) is 0 Å². The van der Waals surface area contributed by atoms with Gasteiger partial charge in [0.2, 0.25) is 5.88 Å². The third-order valence-electron chi connectivity index (χ3n) is 3.72. The molecule has 3 aromatic rings. The highest BCUT2D eigenvalue weighted by Crippen LogP contribution is 2.28. The molecule has 0 aliphatic heterocycles. The highest BCUT2D eigenvalue weighted by Gasteiger charge is 2.23. The molecule has 0 spiro atoms. The molecule has 0 unspecified atom stereocenters. The fraction of sp³-hybridized carbons (Fsp3) is 0.200. The van der Waals surface area contributed by atoms with E-state index in [1.54, 1.807) is 42.5 Å². The topological polar surface area (TPSA) is 44.1 Å². The van der Waals surface area contributed by atoms with Crippen molar-refractivity contribution in [1.29, 1.82) is 0 Å². The lowest BCUT2D eigenvalue weighted by atomic mass is 9.93. The van der Waals surface area contributed by atoms with Crippen molar-refractivity contribution in [2.75, 3.05) is 0 Å². The fourth-order valence-electron chi connectivity index (χ4n) is 2.30. The maximum atomic E-state index is 13.2. The van der Waals surface area contributed by atoms with E-state index in [0.717, 1.165) is 5.69 Å². The number of rotatable bonds is 3. The first-order valence-electron chi connectivity index (χ1n) is 7.98. The zero-order valence-electron chi connectivity index (χ0n) is 14.4. The van der Waals surface area contributed by atoms with E-state index in [-0.39, 0.29) is 11.2 Å². The predicted molar refractivity (Wildman–Crippen MR) is 93.6 cm³/mol. The molecule has 0 bridgehead atoms. The summed E-state index contributed by atoms with van der Waals surface area (Å²) in [4.78, 5) is 12.4. The van der Waals surface area contributed by atoms with Gasteiger partial charge in [-0.05, 0) is 36.4 Å². The Morgan fingerprint density at radius 3 is 2.28 bits per heavy atom. The molecule has 3 rings (SSSR count). The fourth-order valence-corrected chi connectivity index (χ4v) is 2.30. The van der Waals surface area contributed by atoms with E-state index in [2.05, 4.69) is 5.10 Å². The summed E-state index contributed by atoms with van der Waals surface area (Å²) in [6.45, 7) is 6.06. The molecule has 0 saturated carbocycles. The van der Waals surface area contributed by atoms with Gasteiger partial charge in [-0.3, -0.25) is 0 Å². The van der Waals surface area contributed by atoms with Crippen molar-refractivity contribution in [3.05, 3.63) is 77.7 Å². The summed E-state index contributed by atoms with van der Waals surface area (Å²) in [5.74, 6) is -0.510. The molecule has 0 radical (unpaired) electrons. The van der Waals surface area contributed by atoms with E-state index in [0.29, 0.717) is 17.1 Å². The van der Waals surface area contributed by atoms with Gasteiger partial charge in [0.1, 0.15) is 5.82 Å². The van der Waals surface area contributed by atoms with Crippen LogP contribution in [0.5, 0.6) is 5.88 Å². The van der Waals surface area contributed by atoms with Crippen LogP contribution in [0.25, 0.3) is 5.69 Å². The SMILES string of the molecule is CC(C)(C)c1cc(OC(=O)c2ccccc2)n(-c2ccc(F)cc2)n1. The lowest BCUT2D eigenvalue weighted by Gasteiger charge is -2.13. The third kappa shape index (κ3) is 3.76. The van der Waals surface area contributed by atoms with Gasteiger partial charge in [0.05, 0.1) is 16.9 Å². The minimum atomic E-state index is -0.468. The lowest BCUT2D eigenvalue weighted by Crippen LogP contribution is -2.13. The van der Waals surface area contributed by atoms with Crippen LogP contribution in [0.2, 0.25) is 0 Å². The summed E-state index contributed by atoms with van der Waals surface area (Å²) < 4.78 is 20.3. The van der Waals surface area contributed by atoms with Crippen molar-refractivity contribution >= 4 is 5.97 Å². The predicted octanol–water partition coefficient (Wildman–Crippen LogP) is 4.53. The summed E-state index contributed by atoms with van der Waals surface area (Å²) in [7, 11) is 0. The lowest BCUT2D eigenvalue weighted by molar-refractivity contribution is 0.0723. The molecule has 5 heteroatoms. The van der Waals surface area contributed by atoms with E-state index in [1.165, 1.54) is 16.8 Å². The number of nitrogens with zero attached hydrogens (tertiary/aromatic N) is 2. The number of carbonyl (C=O) groups is 1. The zero-order chi connectivity index (χ0) is 18.0. The number of halogens is 1. The number of ether oxygens (including phenoxy) is 1. The Morgan fingerprint density at radius 2 is 1.68 bits per heavy atom. The standard InChI is InChI=1S/C20H19FN2O2/c1-20(2,3)17-13-18(25-19(24)14-7-5-4-6-8-14)23(22-17)16-11-9-15(21)10-12-16/h4-13H,1-3H3. The monoisotopic (exact) mass is 338 g/mol. The van der Waals surface area contributed by atoms with Gasteiger partial charge in [0.25, 0.3) is 0 Å². The highest BCUT2D eigenvalue weighted by molar-refractivity contribution is 5.90. The summed E-state index contributed by atoms with van der Waals surface area (Å²) in [6.07, 6.45) is 0. The van der Waals surface area contributed by atoms with E-state index < -0.39 is 5.97 Å². The van der Waals surface area contributed by atoms with Gasteiger partial charge in [0, 0.05) is 11.5 Å². The highest BCUT2D eigenvalue weighted by atomic mass is 19.1. The maximum Gasteiger partial charge on any atom is 0.344 e. The van der Waals surface area contributed by atoms with Gasteiger partial charge < -0.3 is 4.74 Å². The smallest absolute Gasteiger partial charge is 0.344 e. The molecule has 25 heavy (non-hydrogen) atoms. The molecule has 0 saturated heterocycles. The number of benzene rings is 2. The van der Waals surface area contributed by atoms with Crippen LogP contribution in [0.15, 0.2) is 60.7 Å². The van der Waals surface area contributed by atoms with E-state index >= 15 is 0 Å². The molecule has 1 aromatic heterocycles. The van der Waals surface area contributed by atoms with Gasteiger partial charge in [0.15, 0.2) is 0 Å². The number of esters is 1. The van der Waals surface area contributed by atoms with Crippen LogP contribution >= 0.6 is 0 Å². The molecule has 0 atom stereocenters. The minimum Gasteiger partial charge on any atom is -0.404 e. The second-order valence-corrected chi connectivity index (χ2v) is 6.76. The number of aromatic nitrogens is 2. The van der Waals surface area contributed by atoms with Crippen molar-refractivity contribution < 1.29 is 13.9 Å². The van der Waals surface area contributed by atoms with Crippen LogP contribution in [0, 0.1) is 5.82 Å². The Morgan fingerprint density at radius 1 is 1.04 bits per heavy atom. The van der Waals surface area contributed by atoms with E-state index in [1.807, 2.05) is 26.8 Å². The van der Waals surface area contributed by atoms with Crippen molar-refractivity contribution in [1.82, 2.24) is 9.78 Å². The van der Waals surface area contributed by atoms with Crippen molar-refractivity contribution in [2.45, 2.75) is 26.2 Å². The second-order valence-electron chi connectivity index (χ2n) is 6.76. The average molecular weight is 338 g/mol. The third-order valence-corrected chi connectivity index (χ3v) is 3.72. The number of hydrogen-bond donors (Lipinski definition) is 0. The molecular weight excluding hydrogens is 319 g/mol. The summed E-state index contributed by atoms with van der Waals surface area (Å²) in [6, 6.07) is 16.4. The average Bonchev–Trinajstić information content (AvgIpc) is 3.00. The summed E-state index contributed by atoms with van der Waals surface area (Å²) in [5.41, 5.74) is 1.62. The molecular formula is C20H19FN2O2. The summed E-state index contributed by atoms with van der Waals surface area (Å²) in [5, 5.41) is 4.55. The van der Waals surface area contributed by atoms with Crippen LogP contribution in [0.3, 0.4) is 0 Å². The first-order chi connectivity index (χ1) is 11.8. The molecule has 0 aliphatic rings. The molecule has 0 N–H and O–H groups in total. The molecule has 2 aromatic carbocycles. The first kappa shape index (κ1) is 16.9. The number of carbonyl (C=O) groups excluding carboxylic acids is 1. The van der Waals surface area contributed by atoms with E-state index in [4.69, 9.17) is 4.74 Å². The van der Waals surface area contributed by atoms with Crippen LogP contribution in [0.1, 0.15) is 36.8 Å². The Hall–Kier alpha value is -2.95. The Kier molecular flexibility index (Phi) is 4.40. The van der Waals surface area contributed by atoms with Crippen LogP contribution in [-0.4, -0.2) is 15.7 Å². The van der Waals surface area contributed by atoms with Crippen LogP contribution < -0.4 is 4.74 Å². The molecule has 4 nitrogen and oxygen atoms in total. The first-order valence-corrected chi connectivity index (χ1v) is 7.98. The molecule has 1 heterocycles. The Labute approximate surface area is 145 Å². The van der Waals surface area contributed by atoms with Crippen molar-refractivity contribution in [3.8, 4) is 11.6 Å². The minimum absolute atomic E-state index is 0.223. The molecule has 0 amide bonds. The van der Waals surface area contributed by atoms with Gasteiger partial charge in [-0.2, -0.15) is 5.10 Å². The summed E-state index contributed by atoms with van der Waals surface area (Å²) >= 11 is 0. The maximum absolute atomic E-state index is 13.2. The van der Waals surface area contributed by atoms with Crippen molar-refractivity contribution in [2.24, 2.45) is 0 Å². The Balaban J connectivity index is 2.00. The molecule has 0 aliphatic carbocycles. The van der Waals surface area contributed by atoms with Crippen LogP contribution in [0.4, 0.5) is 4.39 Å². The molecule has 128 valence electrons. The van der Waals surface area contributed by atoms with Crippen LogP contribution in [-0.2, 0) is 5.41 Å². The van der Waals surface area contributed by atoms with E-state index in [9.17, 15) is 9.18 Å². The zero-order valence-corrected chi connectivity index (χ0v) is 14.4. The Bertz CT molecular complexity index is 878. The molecule has 0 fully saturated rings. The quantitative estimate of drug-likeness (QED) is 0.659. The van der Waals surface area contributed by atoms with Gasteiger partial charge in [-0.1, -0.05) is 39.0 Å². The largest absolute Gasteiger partial charge is 0.404 e. The van der Waals surface area contributed by atoms with Gasteiger partial charge >= 0.3 is 5.97 Å². The normalized spacial score (nSPS) is 11.4. The number of hydrogen-bond acceptors (Lipinski definition) is 3. The van der Waals surface area contributed by atoms with Gasteiger partial charge in [-0.25, -0.2) is 13.9 Å². The van der Waals surface area contributed by atoms with Gasteiger partial charge in [-0.15, -0.1) is 0 Å². The second kappa shape index (κ2) is 6.51.